The number of anilines is 1. The summed E-state index contributed by atoms with van der Waals surface area (Å²) >= 11 is 0. The molecule has 2 rings (SSSR count). The first-order valence-corrected chi connectivity index (χ1v) is 4.69. The molecule has 0 aliphatic heterocycles. The zero-order valence-electron chi connectivity index (χ0n) is 8.48. The van der Waals surface area contributed by atoms with E-state index in [1.165, 1.54) is 12.1 Å². The fourth-order valence-corrected chi connectivity index (χ4v) is 1.48. The molecule has 0 aromatic heterocycles. The van der Waals surface area contributed by atoms with E-state index in [9.17, 15) is 17.6 Å². The Morgan fingerprint density at radius 3 is 1.88 bits per heavy atom. The second kappa shape index (κ2) is 4.08. The second-order valence-corrected chi connectivity index (χ2v) is 3.49. The molecule has 0 fully saturated rings. The number of nitrogen functional groups attached to an aromatic ring is 1. The van der Waals surface area contributed by atoms with Crippen molar-refractivity contribution in [2.45, 2.75) is 0 Å². The van der Waals surface area contributed by atoms with Crippen LogP contribution in [0, 0.1) is 23.3 Å². The quantitative estimate of drug-likeness (QED) is 0.461. The summed E-state index contributed by atoms with van der Waals surface area (Å²) in [4.78, 5) is 0. The summed E-state index contributed by atoms with van der Waals surface area (Å²) in [6, 6.07) is 5.14. The van der Waals surface area contributed by atoms with Gasteiger partial charge in [0, 0.05) is 11.3 Å². The Hall–Kier alpha value is -2.04. The lowest BCUT2D eigenvalue weighted by Crippen LogP contribution is -1.94. The van der Waals surface area contributed by atoms with E-state index in [1.807, 2.05) is 0 Å². The van der Waals surface area contributed by atoms with Crippen molar-refractivity contribution in [2.75, 3.05) is 5.73 Å². The summed E-state index contributed by atoms with van der Waals surface area (Å²) in [5.74, 6) is -5.03. The van der Waals surface area contributed by atoms with Crippen molar-refractivity contribution in [2.24, 2.45) is 0 Å². The summed E-state index contributed by atoms with van der Waals surface area (Å²) in [5.41, 5.74) is 5.40. The minimum Gasteiger partial charge on any atom is -0.399 e. The van der Waals surface area contributed by atoms with E-state index in [2.05, 4.69) is 0 Å². The van der Waals surface area contributed by atoms with Crippen LogP contribution in [-0.2, 0) is 0 Å². The number of halogens is 4. The average Bonchev–Trinajstić information content (AvgIpc) is 2.25. The molecule has 2 aromatic rings. The van der Waals surface area contributed by atoms with Gasteiger partial charge in [-0.05, 0) is 35.9 Å². The summed E-state index contributed by atoms with van der Waals surface area (Å²) in [7, 11) is 0. The monoisotopic (exact) mass is 241 g/mol. The molecule has 1 nitrogen and oxygen atoms in total. The van der Waals surface area contributed by atoms with Crippen LogP contribution in [0.1, 0.15) is 0 Å². The van der Waals surface area contributed by atoms with Crippen molar-refractivity contribution in [1.29, 1.82) is 0 Å². The molecule has 2 aromatic carbocycles. The zero-order chi connectivity index (χ0) is 12.6. The highest BCUT2D eigenvalue weighted by atomic mass is 19.2. The number of hydrogen-bond donors (Lipinski definition) is 1. The van der Waals surface area contributed by atoms with Crippen molar-refractivity contribution in [3.63, 3.8) is 0 Å². The number of nitrogens with two attached hydrogens (primary N) is 1. The van der Waals surface area contributed by atoms with Gasteiger partial charge in [0.05, 0.1) is 0 Å². The van der Waals surface area contributed by atoms with Gasteiger partial charge in [-0.25, -0.2) is 17.6 Å². The molecular weight excluding hydrogens is 234 g/mol. The smallest absolute Gasteiger partial charge is 0.194 e. The molecule has 88 valence electrons. The molecule has 2 N–H and O–H groups in total. The Morgan fingerprint density at radius 2 is 1.35 bits per heavy atom. The van der Waals surface area contributed by atoms with Crippen LogP contribution in [0.3, 0.4) is 0 Å². The molecule has 0 bridgehead atoms. The Balaban J connectivity index is 2.61. The first kappa shape index (κ1) is 11.4. The highest BCUT2D eigenvalue weighted by Crippen LogP contribution is 2.27. The summed E-state index contributed by atoms with van der Waals surface area (Å²) in [6.45, 7) is 0. The third-order valence-electron chi connectivity index (χ3n) is 2.29. The van der Waals surface area contributed by atoms with Crippen molar-refractivity contribution in [3.05, 3.63) is 53.6 Å². The maximum absolute atomic E-state index is 13.5. The van der Waals surface area contributed by atoms with Crippen LogP contribution in [-0.4, -0.2) is 0 Å². The van der Waals surface area contributed by atoms with Gasteiger partial charge in [0.1, 0.15) is 5.82 Å². The normalized spacial score (nSPS) is 10.6. The first-order valence-electron chi connectivity index (χ1n) is 4.69. The molecule has 0 unspecified atom stereocenters. The highest BCUT2D eigenvalue weighted by molar-refractivity contribution is 5.66. The lowest BCUT2D eigenvalue weighted by Gasteiger charge is -2.05. The van der Waals surface area contributed by atoms with Gasteiger partial charge in [-0.15, -0.1) is 0 Å². The highest BCUT2D eigenvalue weighted by Gasteiger charge is 2.13. The molecule has 5 heteroatoms. The Morgan fingerprint density at radius 1 is 0.765 bits per heavy atom. The van der Waals surface area contributed by atoms with Gasteiger partial charge in [0.25, 0.3) is 0 Å². The molecule has 0 aliphatic carbocycles. The van der Waals surface area contributed by atoms with Crippen molar-refractivity contribution in [3.8, 4) is 11.1 Å². The van der Waals surface area contributed by atoms with Crippen LogP contribution in [0.5, 0.6) is 0 Å². The summed E-state index contributed by atoms with van der Waals surface area (Å²) < 4.78 is 52.2. The fourth-order valence-electron chi connectivity index (χ4n) is 1.48. The average molecular weight is 241 g/mol. The maximum Gasteiger partial charge on any atom is 0.194 e. The standard InChI is InChI=1S/C12H7F4N/c13-9-5-7(17)1-2-8(9)6-3-10(14)12(16)11(15)4-6/h1-5H,17H2. The zero-order valence-corrected chi connectivity index (χ0v) is 8.48. The van der Waals surface area contributed by atoms with Gasteiger partial charge in [-0.3, -0.25) is 0 Å². The van der Waals surface area contributed by atoms with E-state index in [4.69, 9.17) is 5.73 Å². The molecular formula is C12H7F4N. The lowest BCUT2D eigenvalue weighted by atomic mass is 10.0. The van der Waals surface area contributed by atoms with E-state index in [-0.39, 0.29) is 16.8 Å². The number of hydrogen-bond acceptors (Lipinski definition) is 1. The number of benzene rings is 2. The predicted molar refractivity (Wildman–Crippen MR) is 56.1 cm³/mol. The molecule has 0 atom stereocenters. The molecule has 0 saturated heterocycles. The molecule has 17 heavy (non-hydrogen) atoms. The van der Waals surface area contributed by atoms with Crippen molar-refractivity contribution >= 4 is 5.69 Å². The molecule has 0 heterocycles. The van der Waals surface area contributed by atoms with Gasteiger partial charge in [-0.1, -0.05) is 0 Å². The SMILES string of the molecule is Nc1ccc(-c2cc(F)c(F)c(F)c2)c(F)c1. The van der Waals surface area contributed by atoms with Crippen LogP contribution in [0.25, 0.3) is 11.1 Å². The van der Waals surface area contributed by atoms with Gasteiger partial charge < -0.3 is 5.73 Å². The molecule has 0 radical (unpaired) electrons. The largest absolute Gasteiger partial charge is 0.399 e. The second-order valence-electron chi connectivity index (χ2n) is 3.49. The van der Waals surface area contributed by atoms with Crippen LogP contribution >= 0.6 is 0 Å². The summed E-state index contributed by atoms with van der Waals surface area (Å²) in [5, 5.41) is 0. The van der Waals surface area contributed by atoms with E-state index >= 15 is 0 Å². The van der Waals surface area contributed by atoms with Crippen LogP contribution in [0.4, 0.5) is 23.2 Å². The van der Waals surface area contributed by atoms with Crippen LogP contribution in [0.15, 0.2) is 30.3 Å². The third kappa shape index (κ3) is 2.08. The summed E-state index contributed by atoms with van der Waals surface area (Å²) in [6.07, 6.45) is 0. The minimum atomic E-state index is -1.58. The van der Waals surface area contributed by atoms with Gasteiger partial charge in [0.2, 0.25) is 0 Å². The Bertz CT molecular complexity index is 558. The van der Waals surface area contributed by atoms with Crippen LogP contribution < -0.4 is 5.73 Å². The third-order valence-corrected chi connectivity index (χ3v) is 2.29. The number of rotatable bonds is 1. The van der Waals surface area contributed by atoms with Crippen LogP contribution in [0.2, 0.25) is 0 Å². The van der Waals surface area contributed by atoms with E-state index in [1.54, 1.807) is 0 Å². The minimum absolute atomic E-state index is 0.0444. The molecule has 0 saturated carbocycles. The van der Waals surface area contributed by atoms with E-state index < -0.39 is 23.3 Å². The Kier molecular flexibility index (Phi) is 2.75. The van der Waals surface area contributed by atoms with Gasteiger partial charge >= 0.3 is 0 Å². The topological polar surface area (TPSA) is 26.0 Å². The van der Waals surface area contributed by atoms with Crippen molar-refractivity contribution < 1.29 is 17.6 Å². The fraction of sp³-hybridized carbons (Fsp3) is 0. The lowest BCUT2D eigenvalue weighted by molar-refractivity contribution is 0.447. The van der Waals surface area contributed by atoms with E-state index in [0.29, 0.717) is 0 Å². The Labute approximate surface area is 94.5 Å². The van der Waals surface area contributed by atoms with Gasteiger partial charge in [0.15, 0.2) is 17.5 Å². The van der Waals surface area contributed by atoms with E-state index in [0.717, 1.165) is 18.2 Å². The van der Waals surface area contributed by atoms with Gasteiger partial charge in [-0.2, -0.15) is 0 Å². The van der Waals surface area contributed by atoms with Crippen molar-refractivity contribution in [1.82, 2.24) is 0 Å². The molecule has 0 aliphatic rings. The maximum atomic E-state index is 13.5. The first-order chi connectivity index (χ1) is 7.99. The molecule has 0 amide bonds. The molecule has 0 spiro atoms. The predicted octanol–water partition coefficient (Wildman–Crippen LogP) is 3.49.